The van der Waals surface area contributed by atoms with Crippen molar-refractivity contribution in [1.29, 1.82) is 0 Å². The van der Waals surface area contributed by atoms with Gasteiger partial charge in [0, 0.05) is 16.0 Å². The van der Waals surface area contributed by atoms with Crippen LogP contribution in [0.25, 0.3) is 22.2 Å². The van der Waals surface area contributed by atoms with Crippen LogP contribution in [-0.4, -0.2) is 4.98 Å². The molecule has 0 fully saturated rings. The van der Waals surface area contributed by atoms with Crippen molar-refractivity contribution in [2.75, 3.05) is 0 Å². The van der Waals surface area contributed by atoms with Gasteiger partial charge >= 0.3 is 0 Å². The van der Waals surface area contributed by atoms with E-state index in [2.05, 4.69) is 25.1 Å². The number of hydrogen-bond acceptors (Lipinski definition) is 1. The molecule has 2 aromatic carbocycles. The zero-order chi connectivity index (χ0) is 12.5. The minimum absolute atomic E-state index is 0.746. The fourth-order valence-electron chi connectivity index (χ4n) is 2.14. The molecule has 0 aliphatic carbocycles. The van der Waals surface area contributed by atoms with Crippen LogP contribution in [0.4, 0.5) is 0 Å². The molecule has 0 aliphatic heterocycles. The van der Waals surface area contributed by atoms with E-state index in [0.717, 1.165) is 32.7 Å². The third-order valence-corrected chi connectivity index (χ3v) is 3.25. The van der Waals surface area contributed by atoms with Crippen LogP contribution in [0.3, 0.4) is 0 Å². The quantitative estimate of drug-likeness (QED) is 0.603. The van der Waals surface area contributed by atoms with Crippen molar-refractivity contribution in [2.24, 2.45) is 0 Å². The van der Waals surface area contributed by atoms with Crippen molar-refractivity contribution >= 4 is 22.5 Å². The van der Waals surface area contributed by atoms with Crippen LogP contribution in [0.1, 0.15) is 5.56 Å². The van der Waals surface area contributed by atoms with Crippen molar-refractivity contribution in [3.05, 3.63) is 65.2 Å². The van der Waals surface area contributed by atoms with E-state index in [4.69, 9.17) is 16.6 Å². The first-order chi connectivity index (χ1) is 8.74. The van der Waals surface area contributed by atoms with Crippen LogP contribution in [0.15, 0.2) is 54.6 Å². The van der Waals surface area contributed by atoms with E-state index in [1.54, 1.807) is 0 Å². The van der Waals surface area contributed by atoms with Crippen LogP contribution in [0.5, 0.6) is 0 Å². The Labute approximate surface area is 111 Å². The van der Waals surface area contributed by atoms with E-state index in [0.29, 0.717) is 0 Å². The summed E-state index contributed by atoms with van der Waals surface area (Å²) in [7, 11) is 0. The number of hydrogen-bond donors (Lipinski definition) is 0. The standard InChI is InChI=1S/C16H12ClN/c1-11-9-13-10-14(17)7-8-15(13)18-16(11)12-5-3-2-4-6-12/h2-10H,1H3. The molecule has 3 aromatic rings. The van der Waals surface area contributed by atoms with E-state index < -0.39 is 0 Å². The van der Waals surface area contributed by atoms with Crippen molar-refractivity contribution in [3.8, 4) is 11.3 Å². The summed E-state index contributed by atoms with van der Waals surface area (Å²) in [4.78, 5) is 4.73. The van der Waals surface area contributed by atoms with Crippen molar-refractivity contribution in [3.63, 3.8) is 0 Å². The van der Waals surface area contributed by atoms with Gasteiger partial charge in [0.15, 0.2) is 0 Å². The Morgan fingerprint density at radius 2 is 1.72 bits per heavy atom. The van der Waals surface area contributed by atoms with E-state index >= 15 is 0 Å². The summed E-state index contributed by atoms with van der Waals surface area (Å²) >= 11 is 6.00. The van der Waals surface area contributed by atoms with Gasteiger partial charge in [-0.3, -0.25) is 0 Å². The van der Waals surface area contributed by atoms with Gasteiger partial charge in [-0.25, -0.2) is 4.98 Å². The summed E-state index contributed by atoms with van der Waals surface area (Å²) in [6, 6.07) is 18.2. The summed E-state index contributed by atoms with van der Waals surface area (Å²) in [6.07, 6.45) is 0. The van der Waals surface area contributed by atoms with Crippen LogP contribution in [-0.2, 0) is 0 Å². The first-order valence-corrected chi connectivity index (χ1v) is 6.24. The number of nitrogens with zero attached hydrogens (tertiary/aromatic N) is 1. The number of aryl methyl sites for hydroxylation is 1. The maximum Gasteiger partial charge on any atom is 0.0738 e. The second-order valence-electron chi connectivity index (χ2n) is 4.36. The summed E-state index contributed by atoms with van der Waals surface area (Å²) in [5, 5.41) is 1.83. The molecule has 3 rings (SSSR count). The third kappa shape index (κ3) is 1.98. The van der Waals surface area contributed by atoms with Gasteiger partial charge in [-0.2, -0.15) is 0 Å². The topological polar surface area (TPSA) is 12.9 Å². The lowest BCUT2D eigenvalue weighted by atomic mass is 10.0. The van der Waals surface area contributed by atoms with Crippen LogP contribution in [0, 0.1) is 6.92 Å². The second-order valence-corrected chi connectivity index (χ2v) is 4.79. The molecule has 0 saturated carbocycles. The number of halogens is 1. The van der Waals surface area contributed by atoms with E-state index in [9.17, 15) is 0 Å². The zero-order valence-corrected chi connectivity index (χ0v) is 10.8. The molecule has 0 aliphatic rings. The number of fused-ring (bicyclic) bond motifs is 1. The van der Waals surface area contributed by atoms with Crippen molar-refractivity contribution in [1.82, 2.24) is 4.98 Å². The molecule has 0 amide bonds. The Hall–Kier alpha value is -1.86. The summed E-state index contributed by atoms with van der Waals surface area (Å²) < 4.78 is 0. The Morgan fingerprint density at radius 3 is 2.50 bits per heavy atom. The highest BCUT2D eigenvalue weighted by Crippen LogP contribution is 2.26. The van der Waals surface area contributed by atoms with Gasteiger partial charge in [-0.1, -0.05) is 41.9 Å². The maximum atomic E-state index is 6.00. The van der Waals surface area contributed by atoms with E-state index in [1.165, 1.54) is 0 Å². The molecule has 1 heterocycles. The van der Waals surface area contributed by atoms with Crippen LogP contribution >= 0.6 is 11.6 Å². The summed E-state index contributed by atoms with van der Waals surface area (Å²) in [5.74, 6) is 0. The molecule has 0 atom stereocenters. The average Bonchev–Trinajstić information content (AvgIpc) is 2.39. The average molecular weight is 254 g/mol. The highest BCUT2D eigenvalue weighted by Gasteiger charge is 2.05. The first-order valence-electron chi connectivity index (χ1n) is 5.86. The first kappa shape index (κ1) is 11.2. The largest absolute Gasteiger partial charge is 0.248 e. The van der Waals surface area contributed by atoms with Gasteiger partial charge in [-0.05, 0) is 36.8 Å². The lowest BCUT2D eigenvalue weighted by molar-refractivity contribution is 1.33. The second kappa shape index (κ2) is 4.43. The fraction of sp³-hybridized carbons (Fsp3) is 0.0625. The molecule has 0 N–H and O–H groups in total. The highest BCUT2D eigenvalue weighted by molar-refractivity contribution is 6.31. The number of benzene rings is 2. The Balaban J connectivity index is 2.25. The molecule has 0 bridgehead atoms. The predicted octanol–water partition coefficient (Wildman–Crippen LogP) is 4.86. The number of pyridine rings is 1. The minimum atomic E-state index is 0.746. The number of rotatable bonds is 1. The van der Waals surface area contributed by atoms with Gasteiger partial charge in [-0.15, -0.1) is 0 Å². The highest BCUT2D eigenvalue weighted by atomic mass is 35.5. The fourth-order valence-corrected chi connectivity index (χ4v) is 2.32. The molecule has 2 heteroatoms. The predicted molar refractivity (Wildman–Crippen MR) is 76.9 cm³/mol. The monoisotopic (exact) mass is 253 g/mol. The molecule has 0 spiro atoms. The molecule has 18 heavy (non-hydrogen) atoms. The van der Waals surface area contributed by atoms with Gasteiger partial charge in [0.2, 0.25) is 0 Å². The zero-order valence-electron chi connectivity index (χ0n) is 10.0. The van der Waals surface area contributed by atoms with Gasteiger partial charge in [0.05, 0.1) is 11.2 Å². The molecule has 0 radical (unpaired) electrons. The van der Waals surface area contributed by atoms with Gasteiger partial charge in [0.1, 0.15) is 0 Å². The van der Waals surface area contributed by atoms with Crippen molar-refractivity contribution < 1.29 is 0 Å². The maximum absolute atomic E-state index is 6.00. The lowest BCUT2D eigenvalue weighted by Crippen LogP contribution is -1.89. The molecule has 0 unspecified atom stereocenters. The van der Waals surface area contributed by atoms with Crippen LogP contribution < -0.4 is 0 Å². The molecule has 0 saturated heterocycles. The summed E-state index contributed by atoms with van der Waals surface area (Å²) in [6.45, 7) is 2.08. The normalized spacial score (nSPS) is 10.8. The van der Waals surface area contributed by atoms with E-state index in [-0.39, 0.29) is 0 Å². The van der Waals surface area contributed by atoms with Gasteiger partial charge < -0.3 is 0 Å². The molecule has 88 valence electrons. The minimum Gasteiger partial charge on any atom is -0.248 e. The number of aromatic nitrogens is 1. The molecular formula is C16H12ClN. The molecule has 1 aromatic heterocycles. The van der Waals surface area contributed by atoms with E-state index in [1.807, 2.05) is 36.4 Å². The Morgan fingerprint density at radius 1 is 0.944 bits per heavy atom. The molecule has 1 nitrogen and oxygen atoms in total. The van der Waals surface area contributed by atoms with Gasteiger partial charge in [0.25, 0.3) is 0 Å². The van der Waals surface area contributed by atoms with Crippen molar-refractivity contribution in [2.45, 2.75) is 6.92 Å². The summed E-state index contributed by atoms with van der Waals surface area (Å²) in [5.41, 5.74) is 4.32. The SMILES string of the molecule is Cc1cc2cc(Cl)ccc2nc1-c1ccccc1. The third-order valence-electron chi connectivity index (χ3n) is 3.01. The van der Waals surface area contributed by atoms with Crippen LogP contribution in [0.2, 0.25) is 5.02 Å². The molecular weight excluding hydrogens is 242 g/mol. The Kier molecular flexibility index (Phi) is 2.77. The smallest absolute Gasteiger partial charge is 0.0738 e. The lowest BCUT2D eigenvalue weighted by Gasteiger charge is -2.07. The Bertz CT molecular complexity index is 705.